The molecular weight excluding hydrogens is 343 g/mol. The first-order valence-corrected chi connectivity index (χ1v) is 7.13. The number of benzene rings is 2. The Hall–Kier alpha value is -1.75. The van der Waals surface area contributed by atoms with E-state index in [0.29, 0.717) is 16.6 Å². The van der Waals surface area contributed by atoms with Crippen LogP contribution in [0.25, 0.3) is 10.9 Å². The van der Waals surface area contributed by atoms with Gasteiger partial charge >= 0.3 is 0 Å². The molecule has 0 radical (unpaired) electrons. The van der Waals surface area contributed by atoms with Crippen LogP contribution in [0.5, 0.6) is 0 Å². The molecule has 0 spiro atoms. The third-order valence-corrected chi connectivity index (χ3v) is 4.03. The molecule has 1 aromatic heterocycles. The molecular formula is C16H11BrF3N. The minimum absolute atomic E-state index is 0.317. The lowest BCUT2D eigenvalue weighted by atomic mass is 10.2. The van der Waals surface area contributed by atoms with Gasteiger partial charge in [-0.15, -0.1) is 0 Å². The van der Waals surface area contributed by atoms with Gasteiger partial charge in [0, 0.05) is 22.6 Å². The summed E-state index contributed by atoms with van der Waals surface area (Å²) in [6.07, 6.45) is 1.87. The predicted molar refractivity (Wildman–Crippen MR) is 79.8 cm³/mol. The van der Waals surface area contributed by atoms with E-state index in [1.165, 1.54) is 24.3 Å². The number of hydrogen-bond acceptors (Lipinski definition) is 0. The molecule has 1 nitrogen and oxygen atoms in total. The maximum atomic E-state index is 13.5. The Balaban J connectivity index is 2.10. The number of aryl methyl sites for hydroxylation is 1. The molecule has 0 amide bonds. The fourth-order valence-electron chi connectivity index (χ4n) is 2.49. The number of fused-ring (bicyclic) bond motifs is 1. The van der Waals surface area contributed by atoms with Crippen LogP contribution in [-0.4, -0.2) is 4.57 Å². The first-order valence-electron chi connectivity index (χ1n) is 6.34. The minimum Gasteiger partial charge on any atom is -0.342 e. The van der Waals surface area contributed by atoms with E-state index >= 15 is 0 Å². The van der Waals surface area contributed by atoms with E-state index in [2.05, 4.69) is 15.9 Å². The molecule has 0 N–H and O–H groups in total. The quantitative estimate of drug-likeness (QED) is 0.598. The molecule has 2 aromatic carbocycles. The van der Waals surface area contributed by atoms with Crippen molar-refractivity contribution in [3.05, 3.63) is 69.6 Å². The summed E-state index contributed by atoms with van der Waals surface area (Å²) in [6, 6.07) is 6.68. The summed E-state index contributed by atoms with van der Waals surface area (Å²) in [4.78, 5) is 0. The van der Waals surface area contributed by atoms with Crippen LogP contribution in [0.1, 0.15) is 11.1 Å². The van der Waals surface area contributed by atoms with Crippen molar-refractivity contribution in [3.63, 3.8) is 0 Å². The molecule has 0 aliphatic rings. The third kappa shape index (κ3) is 2.58. The van der Waals surface area contributed by atoms with Crippen LogP contribution < -0.4 is 0 Å². The van der Waals surface area contributed by atoms with E-state index in [-0.39, 0.29) is 5.82 Å². The minimum atomic E-state index is -0.870. The van der Waals surface area contributed by atoms with Gasteiger partial charge in [-0.05, 0) is 58.2 Å². The van der Waals surface area contributed by atoms with Crippen LogP contribution in [0.3, 0.4) is 0 Å². The molecule has 3 aromatic rings. The van der Waals surface area contributed by atoms with Crippen LogP contribution in [0.4, 0.5) is 13.2 Å². The second-order valence-corrected chi connectivity index (χ2v) is 5.83. The third-order valence-electron chi connectivity index (χ3n) is 3.43. The van der Waals surface area contributed by atoms with Gasteiger partial charge in [0.05, 0.1) is 5.52 Å². The molecule has 0 saturated carbocycles. The number of aromatic nitrogens is 1. The molecule has 0 aliphatic carbocycles. The molecule has 1 heterocycles. The zero-order valence-corrected chi connectivity index (χ0v) is 12.7. The molecule has 0 bridgehead atoms. The highest BCUT2D eigenvalue weighted by molar-refractivity contribution is 9.10. The zero-order chi connectivity index (χ0) is 15.1. The number of rotatable bonds is 2. The molecule has 0 fully saturated rings. The van der Waals surface area contributed by atoms with Crippen molar-refractivity contribution in [2.75, 3.05) is 0 Å². The standard InChI is InChI=1S/C16H11BrF3N/c1-9-7-21(8-10-2-3-14(19)15(20)4-10)16-12(9)5-11(18)6-13(16)17/h2-7H,8H2,1H3. The van der Waals surface area contributed by atoms with E-state index in [1.54, 1.807) is 0 Å². The summed E-state index contributed by atoms with van der Waals surface area (Å²) in [6.45, 7) is 2.27. The number of hydrogen-bond donors (Lipinski definition) is 0. The summed E-state index contributed by atoms with van der Waals surface area (Å²) in [7, 11) is 0. The van der Waals surface area contributed by atoms with Gasteiger partial charge in [-0.3, -0.25) is 0 Å². The second kappa shape index (κ2) is 5.22. The highest BCUT2D eigenvalue weighted by Crippen LogP contribution is 2.30. The van der Waals surface area contributed by atoms with Crippen molar-refractivity contribution in [1.29, 1.82) is 0 Å². The van der Waals surface area contributed by atoms with Crippen LogP contribution >= 0.6 is 15.9 Å². The van der Waals surface area contributed by atoms with Crippen molar-refractivity contribution in [1.82, 2.24) is 4.57 Å². The van der Waals surface area contributed by atoms with Gasteiger partial charge in [-0.2, -0.15) is 0 Å². The largest absolute Gasteiger partial charge is 0.342 e. The van der Waals surface area contributed by atoms with E-state index < -0.39 is 11.6 Å². The average molecular weight is 354 g/mol. The molecule has 0 saturated heterocycles. The fraction of sp³-hybridized carbons (Fsp3) is 0.125. The molecule has 21 heavy (non-hydrogen) atoms. The maximum absolute atomic E-state index is 13.5. The van der Waals surface area contributed by atoms with Gasteiger partial charge in [0.15, 0.2) is 11.6 Å². The highest BCUT2D eigenvalue weighted by Gasteiger charge is 2.12. The van der Waals surface area contributed by atoms with Gasteiger partial charge in [0.2, 0.25) is 0 Å². The van der Waals surface area contributed by atoms with Gasteiger partial charge < -0.3 is 4.57 Å². The molecule has 0 unspecified atom stereocenters. The fourth-order valence-corrected chi connectivity index (χ4v) is 3.15. The van der Waals surface area contributed by atoms with Gasteiger partial charge in [-0.25, -0.2) is 13.2 Å². The maximum Gasteiger partial charge on any atom is 0.159 e. The predicted octanol–water partition coefficient (Wildman–Crippen LogP) is 5.18. The smallest absolute Gasteiger partial charge is 0.159 e. The summed E-state index contributed by atoms with van der Waals surface area (Å²) < 4.78 is 42.3. The normalized spacial score (nSPS) is 11.3. The Morgan fingerprint density at radius 3 is 2.52 bits per heavy atom. The lowest BCUT2D eigenvalue weighted by Gasteiger charge is -2.08. The lowest BCUT2D eigenvalue weighted by Crippen LogP contribution is -2.00. The summed E-state index contributed by atoms with van der Waals surface area (Å²) in [5.41, 5.74) is 2.40. The molecule has 108 valence electrons. The summed E-state index contributed by atoms with van der Waals surface area (Å²) >= 11 is 3.36. The van der Waals surface area contributed by atoms with E-state index in [9.17, 15) is 13.2 Å². The van der Waals surface area contributed by atoms with E-state index in [1.807, 2.05) is 17.7 Å². The topological polar surface area (TPSA) is 4.93 Å². The average Bonchev–Trinajstić information content (AvgIpc) is 2.71. The van der Waals surface area contributed by atoms with Crippen LogP contribution in [0, 0.1) is 24.4 Å². The van der Waals surface area contributed by atoms with Gasteiger partial charge in [0.1, 0.15) is 5.82 Å². The molecule has 0 aliphatic heterocycles. The number of halogens is 4. The number of nitrogens with zero attached hydrogens (tertiary/aromatic N) is 1. The molecule has 5 heteroatoms. The van der Waals surface area contributed by atoms with Crippen LogP contribution in [0.2, 0.25) is 0 Å². The monoisotopic (exact) mass is 353 g/mol. The van der Waals surface area contributed by atoms with Crippen molar-refractivity contribution in [2.24, 2.45) is 0 Å². The van der Waals surface area contributed by atoms with Gasteiger partial charge in [0.25, 0.3) is 0 Å². The van der Waals surface area contributed by atoms with Gasteiger partial charge in [-0.1, -0.05) is 6.07 Å². The summed E-state index contributed by atoms with van der Waals surface area (Å²) in [5, 5.41) is 0.796. The van der Waals surface area contributed by atoms with Crippen LogP contribution in [-0.2, 0) is 6.54 Å². The highest BCUT2D eigenvalue weighted by atomic mass is 79.9. The Bertz CT molecular complexity index is 839. The van der Waals surface area contributed by atoms with Crippen molar-refractivity contribution in [3.8, 4) is 0 Å². The Labute approximate surface area is 128 Å². The Kier molecular flexibility index (Phi) is 3.53. The zero-order valence-electron chi connectivity index (χ0n) is 11.1. The van der Waals surface area contributed by atoms with Crippen molar-refractivity contribution < 1.29 is 13.2 Å². The first kappa shape index (κ1) is 14.2. The lowest BCUT2D eigenvalue weighted by molar-refractivity contribution is 0.506. The summed E-state index contributed by atoms with van der Waals surface area (Å²) in [5.74, 6) is -2.05. The van der Waals surface area contributed by atoms with Crippen molar-refractivity contribution >= 4 is 26.8 Å². The van der Waals surface area contributed by atoms with Crippen LogP contribution in [0.15, 0.2) is 41.0 Å². The second-order valence-electron chi connectivity index (χ2n) is 4.97. The van der Waals surface area contributed by atoms with E-state index in [0.717, 1.165) is 22.5 Å². The Morgan fingerprint density at radius 2 is 1.81 bits per heavy atom. The molecule has 3 rings (SSSR count). The Morgan fingerprint density at radius 1 is 1.05 bits per heavy atom. The molecule has 0 atom stereocenters. The first-order chi connectivity index (χ1) is 9.95. The van der Waals surface area contributed by atoms with Crippen molar-refractivity contribution in [2.45, 2.75) is 13.5 Å². The van der Waals surface area contributed by atoms with E-state index in [4.69, 9.17) is 0 Å². The SMILES string of the molecule is Cc1cn(Cc2ccc(F)c(F)c2)c2c(Br)cc(F)cc12.